The maximum atomic E-state index is 12.1. The Morgan fingerprint density at radius 2 is 2.21 bits per heavy atom. The summed E-state index contributed by atoms with van der Waals surface area (Å²) in [6.45, 7) is 4.64. The largest absolute Gasteiger partial charge is 0.346 e. The van der Waals surface area contributed by atoms with Crippen LogP contribution in [0.25, 0.3) is 0 Å². The van der Waals surface area contributed by atoms with Gasteiger partial charge in [-0.25, -0.2) is 4.98 Å². The van der Waals surface area contributed by atoms with E-state index in [0.29, 0.717) is 12.5 Å². The van der Waals surface area contributed by atoms with E-state index in [1.54, 1.807) is 0 Å². The molecule has 0 radical (unpaired) electrons. The van der Waals surface area contributed by atoms with Crippen LogP contribution in [-0.4, -0.2) is 33.7 Å². The third kappa shape index (κ3) is 3.32. The molecule has 1 heterocycles. The Morgan fingerprint density at radius 3 is 2.84 bits per heavy atom. The fourth-order valence-electron chi connectivity index (χ4n) is 2.55. The predicted octanol–water partition coefficient (Wildman–Crippen LogP) is 1.18. The molecule has 1 aliphatic carbocycles. The summed E-state index contributed by atoms with van der Waals surface area (Å²) in [5, 5.41) is 9.80. The van der Waals surface area contributed by atoms with E-state index in [0.717, 1.165) is 25.1 Å². The number of carbonyl (C=O) groups is 1. The molecule has 0 saturated heterocycles. The molecule has 2 unspecified atom stereocenters. The van der Waals surface area contributed by atoms with E-state index in [1.165, 1.54) is 6.42 Å². The lowest BCUT2D eigenvalue weighted by Crippen LogP contribution is -2.45. The normalized spacial score (nSPS) is 23.6. The van der Waals surface area contributed by atoms with Crippen LogP contribution in [0, 0.1) is 5.92 Å². The second-order valence-corrected chi connectivity index (χ2v) is 5.56. The van der Waals surface area contributed by atoms with E-state index in [-0.39, 0.29) is 23.7 Å². The summed E-state index contributed by atoms with van der Waals surface area (Å²) in [5.41, 5.74) is 5.76. The molecule has 6 heteroatoms. The number of carbonyl (C=O) groups excluding carboxylic acids is 1. The van der Waals surface area contributed by atoms with Gasteiger partial charge in [-0.3, -0.25) is 9.89 Å². The van der Waals surface area contributed by atoms with Crippen LogP contribution in [-0.2, 0) is 0 Å². The molecule has 1 aromatic heterocycles. The highest BCUT2D eigenvalue weighted by molar-refractivity contribution is 5.90. The number of rotatable bonds is 4. The molecule has 0 aromatic carbocycles. The average Bonchev–Trinajstić information content (AvgIpc) is 2.89. The van der Waals surface area contributed by atoms with Crippen LogP contribution >= 0.6 is 0 Å². The summed E-state index contributed by atoms with van der Waals surface area (Å²) in [5.74, 6) is 1.38. The second kappa shape index (κ2) is 6.14. The molecule has 2 atom stereocenters. The highest BCUT2D eigenvalue weighted by Crippen LogP contribution is 2.23. The Hall–Kier alpha value is -1.43. The number of nitrogens with zero attached hydrogens (tertiary/aromatic N) is 2. The smallest absolute Gasteiger partial charge is 0.291 e. The molecule has 6 nitrogen and oxygen atoms in total. The molecule has 19 heavy (non-hydrogen) atoms. The van der Waals surface area contributed by atoms with Gasteiger partial charge >= 0.3 is 0 Å². The van der Waals surface area contributed by atoms with Crippen LogP contribution in [0.5, 0.6) is 0 Å². The van der Waals surface area contributed by atoms with Crippen molar-refractivity contribution in [2.24, 2.45) is 11.7 Å². The first-order valence-corrected chi connectivity index (χ1v) is 7.05. The molecular weight excluding hydrogens is 242 g/mol. The number of H-pyrrole nitrogens is 1. The van der Waals surface area contributed by atoms with Gasteiger partial charge in [0.25, 0.3) is 5.91 Å². The first-order chi connectivity index (χ1) is 9.11. The molecule has 4 N–H and O–H groups in total. The molecule has 0 aliphatic heterocycles. The van der Waals surface area contributed by atoms with Gasteiger partial charge in [-0.1, -0.05) is 26.7 Å². The van der Waals surface area contributed by atoms with Crippen molar-refractivity contribution in [1.82, 2.24) is 20.5 Å². The lowest BCUT2D eigenvalue weighted by Gasteiger charge is -2.30. The van der Waals surface area contributed by atoms with Gasteiger partial charge in [-0.05, 0) is 25.3 Å². The lowest BCUT2D eigenvalue weighted by atomic mass is 9.84. The number of aromatic amines is 1. The molecular formula is C13H23N5O. The van der Waals surface area contributed by atoms with E-state index in [2.05, 4.69) is 20.5 Å². The number of hydrogen-bond donors (Lipinski definition) is 3. The Kier molecular flexibility index (Phi) is 4.52. The van der Waals surface area contributed by atoms with E-state index < -0.39 is 0 Å². The topological polar surface area (TPSA) is 96.7 Å². The average molecular weight is 265 g/mol. The van der Waals surface area contributed by atoms with Gasteiger partial charge in [0.15, 0.2) is 0 Å². The lowest BCUT2D eigenvalue weighted by molar-refractivity contribution is 0.0897. The van der Waals surface area contributed by atoms with E-state index in [9.17, 15) is 4.79 Å². The van der Waals surface area contributed by atoms with E-state index in [4.69, 9.17) is 5.73 Å². The highest BCUT2D eigenvalue weighted by Gasteiger charge is 2.26. The van der Waals surface area contributed by atoms with Gasteiger partial charge in [-0.2, -0.15) is 0 Å². The van der Waals surface area contributed by atoms with Crippen molar-refractivity contribution < 1.29 is 4.79 Å². The molecule has 1 fully saturated rings. The minimum absolute atomic E-state index is 0.159. The zero-order valence-corrected chi connectivity index (χ0v) is 11.6. The molecule has 106 valence electrons. The summed E-state index contributed by atoms with van der Waals surface area (Å²) >= 11 is 0. The van der Waals surface area contributed by atoms with Crippen molar-refractivity contribution >= 4 is 5.91 Å². The first-order valence-electron chi connectivity index (χ1n) is 7.05. The van der Waals surface area contributed by atoms with Crippen molar-refractivity contribution in [3.05, 3.63) is 11.6 Å². The monoisotopic (exact) mass is 265 g/mol. The highest BCUT2D eigenvalue weighted by atomic mass is 16.2. The number of hydrogen-bond acceptors (Lipinski definition) is 4. The van der Waals surface area contributed by atoms with Crippen LogP contribution < -0.4 is 11.1 Å². The van der Waals surface area contributed by atoms with Gasteiger partial charge in [0.05, 0.1) is 0 Å². The van der Waals surface area contributed by atoms with E-state index in [1.807, 2.05) is 13.8 Å². The number of nitrogens with one attached hydrogen (secondary N) is 2. The zero-order valence-electron chi connectivity index (χ0n) is 11.6. The standard InChI is InChI=1S/C13H23N5O/c1-8(2)11-16-12(18-17-11)13(19)15-10-6-4-3-5-9(10)7-14/h8-10H,3-7,14H2,1-2H3,(H,15,19)(H,16,17,18). The van der Waals surface area contributed by atoms with Crippen molar-refractivity contribution in [2.45, 2.75) is 51.5 Å². The van der Waals surface area contributed by atoms with Gasteiger partial charge in [0, 0.05) is 12.0 Å². The number of aromatic nitrogens is 3. The van der Waals surface area contributed by atoms with Crippen molar-refractivity contribution in [3.8, 4) is 0 Å². The maximum Gasteiger partial charge on any atom is 0.291 e. The Balaban J connectivity index is 1.99. The maximum absolute atomic E-state index is 12.1. The molecule has 1 amide bonds. The first kappa shape index (κ1) is 14.0. The van der Waals surface area contributed by atoms with Crippen LogP contribution in [0.3, 0.4) is 0 Å². The SMILES string of the molecule is CC(C)c1nc(C(=O)NC2CCCCC2CN)n[nH]1. The molecule has 2 rings (SSSR count). The van der Waals surface area contributed by atoms with Gasteiger partial charge in [0.1, 0.15) is 5.82 Å². The van der Waals surface area contributed by atoms with Gasteiger partial charge < -0.3 is 11.1 Å². The zero-order chi connectivity index (χ0) is 13.8. The molecule has 1 aliphatic rings. The molecule has 0 bridgehead atoms. The Morgan fingerprint density at radius 1 is 1.47 bits per heavy atom. The van der Waals surface area contributed by atoms with Gasteiger partial charge in [0.2, 0.25) is 5.82 Å². The summed E-state index contributed by atoms with van der Waals surface area (Å²) in [6.07, 6.45) is 4.43. The summed E-state index contributed by atoms with van der Waals surface area (Å²) in [6, 6.07) is 0.159. The number of nitrogens with two attached hydrogens (primary N) is 1. The van der Waals surface area contributed by atoms with Crippen molar-refractivity contribution in [3.63, 3.8) is 0 Å². The quantitative estimate of drug-likeness (QED) is 0.761. The summed E-state index contributed by atoms with van der Waals surface area (Å²) in [4.78, 5) is 16.3. The predicted molar refractivity (Wildman–Crippen MR) is 72.7 cm³/mol. The Bertz CT molecular complexity index is 428. The minimum Gasteiger partial charge on any atom is -0.346 e. The molecule has 1 aromatic rings. The van der Waals surface area contributed by atoms with Crippen LogP contribution in [0.2, 0.25) is 0 Å². The van der Waals surface area contributed by atoms with Crippen molar-refractivity contribution in [1.29, 1.82) is 0 Å². The molecule has 0 spiro atoms. The summed E-state index contributed by atoms with van der Waals surface area (Å²) in [7, 11) is 0. The second-order valence-electron chi connectivity index (χ2n) is 5.56. The van der Waals surface area contributed by atoms with Crippen LogP contribution in [0.4, 0.5) is 0 Å². The van der Waals surface area contributed by atoms with Crippen molar-refractivity contribution in [2.75, 3.05) is 6.54 Å². The fourth-order valence-corrected chi connectivity index (χ4v) is 2.55. The third-order valence-corrected chi connectivity index (χ3v) is 3.78. The Labute approximate surface area is 113 Å². The molecule has 1 saturated carbocycles. The number of amides is 1. The van der Waals surface area contributed by atoms with Crippen LogP contribution in [0.15, 0.2) is 0 Å². The van der Waals surface area contributed by atoms with Gasteiger partial charge in [-0.15, -0.1) is 5.10 Å². The summed E-state index contributed by atoms with van der Waals surface area (Å²) < 4.78 is 0. The third-order valence-electron chi connectivity index (χ3n) is 3.78. The fraction of sp³-hybridized carbons (Fsp3) is 0.769. The minimum atomic E-state index is -0.200. The van der Waals surface area contributed by atoms with Crippen LogP contribution in [0.1, 0.15) is 61.9 Å². The van der Waals surface area contributed by atoms with E-state index >= 15 is 0 Å².